The molecule has 148 valence electrons. The third kappa shape index (κ3) is 3.49. The second-order valence-corrected chi connectivity index (χ2v) is 7.20. The molecular weight excluding hydrogens is 366 g/mol. The lowest BCUT2D eigenvalue weighted by Crippen LogP contribution is -2.30. The molecule has 0 radical (unpaired) electrons. The summed E-state index contributed by atoms with van der Waals surface area (Å²) in [6.45, 7) is 6.48. The van der Waals surface area contributed by atoms with E-state index in [1.165, 1.54) is 0 Å². The van der Waals surface area contributed by atoms with Crippen molar-refractivity contribution in [2.75, 3.05) is 7.05 Å². The Morgan fingerprint density at radius 3 is 2.76 bits per heavy atom. The van der Waals surface area contributed by atoms with E-state index < -0.39 is 0 Å². The number of carbonyl (C=O) groups excluding carboxylic acids is 1. The molecule has 8 heteroatoms. The van der Waals surface area contributed by atoms with Gasteiger partial charge in [-0.3, -0.25) is 14.9 Å². The van der Waals surface area contributed by atoms with E-state index in [9.17, 15) is 4.79 Å². The molecule has 0 bridgehead atoms. The average molecular weight is 389 g/mol. The number of hydrogen-bond acceptors (Lipinski definition) is 5. The number of nitrogens with zero attached hydrogens (tertiary/aromatic N) is 6. The number of imidazole rings is 1. The third-order valence-corrected chi connectivity index (χ3v) is 5.27. The molecular formula is C21H23N7O. The van der Waals surface area contributed by atoms with Gasteiger partial charge < -0.3 is 9.47 Å². The van der Waals surface area contributed by atoms with E-state index in [1.807, 2.05) is 43.5 Å². The standard InChI is InChI=1S/C21H23N7O/c1-13-19(14(2)26-25-13)15(3)27(4)21(29)16-9-18-20(23-10-16)28(12-24-18)11-17-7-5-6-8-22-17/h5-10,12,15H,11H2,1-4H3,(H,25,26). The molecule has 0 saturated carbocycles. The van der Waals surface area contributed by atoms with E-state index in [4.69, 9.17) is 0 Å². The van der Waals surface area contributed by atoms with E-state index in [1.54, 1.807) is 36.7 Å². The summed E-state index contributed by atoms with van der Waals surface area (Å²) in [5, 5.41) is 7.22. The predicted octanol–water partition coefficient (Wildman–Crippen LogP) is 3.05. The quantitative estimate of drug-likeness (QED) is 0.566. The highest BCUT2D eigenvalue weighted by atomic mass is 16.2. The Morgan fingerprint density at radius 2 is 2.07 bits per heavy atom. The number of nitrogens with one attached hydrogen (secondary N) is 1. The van der Waals surface area contributed by atoms with Gasteiger partial charge in [0.1, 0.15) is 5.52 Å². The molecule has 4 heterocycles. The van der Waals surface area contributed by atoms with E-state index in [-0.39, 0.29) is 11.9 Å². The van der Waals surface area contributed by atoms with Gasteiger partial charge in [-0.05, 0) is 39.0 Å². The summed E-state index contributed by atoms with van der Waals surface area (Å²) in [5.74, 6) is -0.105. The number of aromatic nitrogens is 6. The summed E-state index contributed by atoms with van der Waals surface area (Å²) in [7, 11) is 1.79. The van der Waals surface area contributed by atoms with Crippen LogP contribution in [0.4, 0.5) is 0 Å². The highest BCUT2D eigenvalue weighted by molar-refractivity contribution is 5.96. The first-order chi connectivity index (χ1) is 14.0. The number of aryl methyl sites for hydroxylation is 2. The molecule has 1 unspecified atom stereocenters. The van der Waals surface area contributed by atoms with Crippen LogP contribution in [-0.2, 0) is 6.54 Å². The molecule has 0 fully saturated rings. The minimum atomic E-state index is -0.112. The first kappa shape index (κ1) is 18.8. The maximum absolute atomic E-state index is 13.1. The van der Waals surface area contributed by atoms with Gasteiger partial charge in [-0.15, -0.1) is 0 Å². The number of amides is 1. The third-order valence-electron chi connectivity index (χ3n) is 5.27. The Morgan fingerprint density at radius 1 is 1.24 bits per heavy atom. The second kappa shape index (κ2) is 7.46. The van der Waals surface area contributed by atoms with Gasteiger partial charge >= 0.3 is 0 Å². The van der Waals surface area contributed by atoms with Crippen molar-refractivity contribution in [1.82, 2.24) is 34.6 Å². The number of pyridine rings is 2. The van der Waals surface area contributed by atoms with Crippen LogP contribution in [0.15, 0.2) is 43.0 Å². The van der Waals surface area contributed by atoms with Crippen molar-refractivity contribution >= 4 is 17.1 Å². The van der Waals surface area contributed by atoms with Crippen molar-refractivity contribution in [3.63, 3.8) is 0 Å². The van der Waals surface area contributed by atoms with Crippen molar-refractivity contribution in [1.29, 1.82) is 0 Å². The highest BCUT2D eigenvalue weighted by Crippen LogP contribution is 2.25. The zero-order valence-corrected chi connectivity index (χ0v) is 16.9. The summed E-state index contributed by atoms with van der Waals surface area (Å²) in [5.41, 5.74) is 5.75. The van der Waals surface area contributed by atoms with Crippen LogP contribution in [0.1, 0.15) is 46.0 Å². The van der Waals surface area contributed by atoms with Crippen LogP contribution in [0.5, 0.6) is 0 Å². The fraction of sp³-hybridized carbons (Fsp3) is 0.286. The van der Waals surface area contributed by atoms with Crippen LogP contribution in [0.3, 0.4) is 0 Å². The fourth-order valence-corrected chi connectivity index (χ4v) is 3.60. The normalized spacial score (nSPS) is 12.3. The molecule has 29 heavy (non-hydrogen) atoms. The van der Waals surface area contributed by atoms with Gasteiger partial charge in [-0.25, -0.2) is 9.97 Å². The topological polar surface area (TPSA) is 92.6 Å². The Labute approximate surface area is 168 Å². The SMILES string of the molecule is Cc1n[nH]c(C)c1C(C)N(C)C(=O)c1cnc2c(c1)ncn2Cc1ccccn1. The number of aromatic amines is 1. The predicted molar refractivity (Wildman–Crippen MR) is 109 cm³/mol. The van der Waals surface area contributed by atoms with Crippen LogP contribution in [-0.4, -0.2) is 47.6 Å². The van der Waals surface area contributed by atoms with Gasteiger partial charge in [0.05, 0.1) is 35.9 Å². The molecule has 0 aliphatic carbocycles. The summed E-state index contributed by atoms with van der Waals surface area (Å²) in [6.07, 6.45) is 5.10. The molecule has 1 atom stereocenters. The van der Waals surface area contributed by atoms with Gasteiger partial charge in [0, 0.05) is 30.7 Å². The van der Waals surface area contributed by atoms with Gasteiger partial charge in [0.25, 0.3) is 5.91 Å². The van der Waals surface area contributed by atoms with Crippen molar-refractivity contribution in [2.45, 2.75) is 33.4 Å². The van der Waals surface area contributed by atoms with Crippen molar-refractivity contribution in [2.24, 2.45) is 0 Å². The highest BCUT2D eigenvalue weighted by Gasteiger charge is 2.24. The summed E-state index contributed by atoms with van der Waals surface area (Å²) < 4.78 is 1.93. The summed E-state index contributed by atoms with van der Waals surface area (Å²) >= 11 is 0. The Bertz CT molecular complexity index is 1140. The molecule has 4 aromatic heterocycles. The zero-order valence-electron chi connectivity index (χ0n) is 16.9. The van der Waals surface area contributed by atoms with Gasteiger partial charge in [0.15, 0.2) is 5.65 Å². The molecule has 0 saturated heterocycles. The Balaban J connectivity index is 1.58. The monoisotopic (exact) mass is 389 g/mol. The lowest BCUT2D eigenvalue weighted by atomic mass is 10.0. The summed E-state index contributed by atoms with van der Waals surface area (Å²) in [4.78, 5) is 28.0. The molecule has 1 N–H and O–H groups in total. The molecule has 0 aliphatic heterocycles. The summed E-state index contributed by atoms with van der Waals surface area (Å²) in [6, 6.07) is 7.47. The molecule has 0 aliphatic rings. The number of carbonyl (C=O) groups is 1. The number of hydrogen-bond donors (Lipinski definition) is 1. The van der Waals surface area contributed by atoms with Crippen LogP contribution < -0.4 is 0 Å². The van der Waals surface area contributed by atoms with Crippen LogP contribution in [0, 0.1) is 13.8 Å². The largest absolute Gasteiger partial charge is 0.335 e. The molecule has 4 aromatic rings. The van der Waals surface area contributed by atoms with Gasteiger partial charge in [-0.2, -0.15) is 5.10 Å². The molecule has 0 aromatic carbocycles. The van der Waals surface area contributed by atoms with Crippen LogP contribution >= 0.6 is 0 Å². The zero-order chi connectivity index (χ0) is 20.5. The van der Waals surface area contributed by atoms with Crippen LogP contribution in [0.25, 0.3) is 11.2 Å². The smallest absolute Gasteiger partial charge is 0.255 e. The lowest BCUT2D eigenvalue weighted by Gasteiger charge is -2.25. The fourth-order valence-electron chi connectivity index (χ4n) is 3.60. The van der Waals surface area contributed by atoms with Crippen molar-refractivity contribution in [3.05, 3.63) is 71.2 Å². The maximum atomic E-state index is 13.1. The molecule has 4 rings (SSSR count). The number of rotatable bonds is 5. The average Bonchev–Trinajstić information content (AvgIpc) is 3.29. The maximum Gasteiger partial charge on any atom is 0.255 e. The lowest BCUT2D eigenvalue weighted by molar-refractivity contribution is 0.0742. The Kier molecular flexibility index (Phi) is 4.84. The first-order valence-electron chi connectivity index (χ1n) is 9.45. The van der Waals surface area contributed by atoms with E-state index >= 15 is 0 Å². The van der Waals surface area contributed by atoms with E-state index in [0.29, 0.717) is 17.6 Å². The van der Waals surface area contributed by atoms with Gasteiger partial charge in [-0.1, -0.05) is 6.07 Å². The molecule has 8 nitrogen and oxygen atoms in total. The number of H-pyrrole nitrogens is 1. The van der Waals surface area contributed by atoms with Crippen molar-refractivity contribution in [3.8, 4) is 0 Å². The van der Waals surface area contributed by atoms with E-state index in [0.717, 1.165) is 28.3 Å². The molecule has 0 spiro atoms. The second-order valence-electron chi connectivity index (χ2n) is 7.20. The number of fused-ring (bicyclic) bond motifs is 1. The minimum absolute atomic E-state index is 0.105. The first-order valence-corrected chi connectivity index (χ1v) is 9.45. The Hall–Kier alpha value is -3.55. The van der Waals surface area contributed by atoms with Crippen molar-refractivity contribution < 1.29 is 4.79 Å². The van der Waals surface area contributed by atoms with E-state index in [2.05, 4.69) is 25.1 Å². The van der Waals surface area contributed by atoms with Crippen LogP contribution in [0.2, 0.25) is 0 Å². The van der Waals surface area contributed by atoms with Gasteiger partial charge in [0.2, 0.25) is 0 Å². The minimum Gasteiger partial charge on any atom is -0.335 e. The molecule has 1 amide bonds.